The molecule has 1 saturated carbocycles. The van der Waals surface area contributed by atoms with Crippen molar-refractivity contribution >= 4 is 33.4 Å². The molecule has 7 nitrogen and oxygen atoms in total. The molecule has 0 amide bonds. The number of ether oxygens (including phenoxy) is 2. The zero-order valence-electron chi connectivity index (χ0n) is 21.0. The fourth-order valence-electron chi connectivity index (χ4n) is 7.03. The van der Waals surface area contributed by atoms with Crippen LogP contribution in [0.4, 0.5) is 5.69 Å². The number of hydrogen-bond donors (Lipinski definition) is 1. The van der Waals surface area contributed by atoms with Gasteiger partial charge in [-0.2, -0.15) is 0 Å². The first kappa shape index (κ1) is 24.6. The lowest BCUT2D eigenvalue weighted by Gasteiger charge is -2.43. The fraction of sp³-hybridized carbons (Fsp3) is 0.448. The van der Waals surface area contributed by atoms with Crippen molar-refractivity contribution in [2.24, 2.45) is 17.3 Å². The summed E-state index contributed by atoms with van der Waals surface area (Å²) < 4.78 is 12.7. The second-order valence-corrected chi connectivity index (χ2v) is 11.8. The van der Waals surface area contributed by atoms with E-state index in [1.54, 1.807) is 25.2 Å². The molecule has 0 radical (unpaired) electrons. The highest BCUT2D eigenvalue weighted by molar-refractivity contribution is 9.10. The molecular formula is C29H30BrNO6. The minimum Gasteiger partial charge on any atom is -0.496 e. The number of carbonyl (C=O) groups excluding carboxylic acids is 2. The third-order valence-corrected chi connectivity index (χ3v) is 9.70. The van der Waals surface area contributed by atoms with Crippen molar-refractivity contribution < 1.29 is 29.0 Å². The van der Waals surface area contributed by atoms with Crippen LogP contribution in [0, 0.1) is 17.3 Å². The Morgan fingerprint density at radius 1 is 1.14 bits per heavy atom. The van der Waals surface area contributed by atoms with Crippen molar-refractivity contribution in [1.82, 2.24) is 0 Å². The van der Waals surface area contributed by atoms with Gasteiger partial charge in [-0.25, -0.2) is 9.86 Å². The number of aliphatic hydroxyl groups is 1. The normalized spacial score (nSPS) is 38.5. The van der Waals surface area contributed by atoms with Gasteiger partial charge in [0.15, 0.2) is 5.78 Å². The van der Waals surface area contributed by atoms with E-state index in [-0.39, 0.29) is 17.7 Å². The Morgan fingerprint density at radius 3 is 2.62 bits per heavy atom. The van der Waals surface area contributed by atoms with Crippen molar-refractivity contribution in [3.8, 4) is 5.75 Å². The first-order valence-electron chi connectivity index (χ1n) is 12.7. The number of ketones is 1. The molecular weight excluding hydrogens is 538 g/mol. The summed E-state index contributed by atoms with van der Waals surface area (Å²) in [5, 5.41) is 13.5. The van der Waals surface area contributed by atoms with E-state index in [4.69, 9.17) is 14.3 Å². The number of para-hydroxylation sites is 1. The molecule has 4 aliphatic rings. The molecule has 2 heterocycles. The van der Waals surface area contributed by atoms with E-state index in [2.05, 4.69) is 15.9 Å². The lowest BCUT2D eigenvalue weighted by Crippen LogP contribution is -2.57. The molecule has 2 saturated heterocycles. The molecule has 2 aliphatic heterocycles. The number of halogens is 1. The number of methoxy groups -OCH3 is 1. The van der Waals surface area contributed by atoms with E-state index in [1.807, 2.05) is 55.5 Å². The van der Waals surface area contributed by atoms with Gasteiger partial charge >= 0.3 is 5.97 Å². The highest BCUT2D eigenvalue weighted by Crippen LogP contribution is 2.62. The summed E-state index contributed by atoms with van der Waals surface area (Å²) in [4.78, 5) is 33.8. The lowest BCUT2D eigenvalue weighted by atomic mass is 9.63. The molecule has 2 aliphatic carbocycles. The van der Waals surface area contributed by atoms with Gasteiger partial charge in [0.1, 0.15) is 17.5 Å². The van der Waals surface area contributed by atoms with E-state index in [0.29, 0.717) is 25.0 Å². The molecule has 0 bridgehead atoms. The molecule has 2 aromatic carbocycles. The number of carbonyl (C=O) groups is 2. The first-order valence-corrected chi connectivity index (χ1v) is 13.5. The van der Waals surface area contributed by atoms with Crippen molar-refractivity contribution in [2.45, 2.75) is 56.5 Å². The monoisotopic (exact) mass is 567 g/mol. The van der Waals surface area contributed by atoms with Gasteiger partial charge in [0, 0.05) is 22.4 Å². The van der Waals surface area contributed by atoms with Gasteiger partial charge in [-0.15, -0.1) is 0 Å². The summed E-state index contributed by atoms with van der Waals surface area (Å²) in [6, 6.07) is 15.1. The number of fused-ring (bicyclic) bond motifs is 4. The Balaban J connectivity index is 1.49. The third-order valence-electron chi connectivity index (χ3n) is 9.21. The Hall–Kier alpha value is -2.68. The van der Waals surface area contributed by atoms with Crippen LogP contribution in [-0.4, -0.2) is 41.3 Å². The third kappa shape index (κ3) is 3.25. The predicted molar refractivity (Wildman–Crippen MR) is 140 cm³/mol. The number of hydroxylamine groups is 1. The van der Waals surface area contributed by atoms with Crippen LogP contribution >= 0.6 is 15.9 Å². The highest BCUT2D eigenvalue weighted by Gasteiger charge is 2.74. The van der Waals surface area contributed by atoms with Crippen LogP contribution in [0.15, 0.2) is 65.2 Å². The van der Waals surface area contributed by atoms with Gasteiger partial charge in [0.2, 0.25) is 5.60 Å². The second-order valence-electron chi connectivity index (χ2n) is 10.9. The molecule has 1 N–H and O–H groups in total. The van der Waals surface area contributed by atoms with E-state index in [0.717, 1.165) is 15.7 Å². The minimum atomic E-state index is -1.39. The van der Waals surface area contributed by atoms with Crippen molar-refractivity contribution in [3.63, 3.8) is 0 Å². The number of benzene rings is 2. The number of anilines is 1. The minimum absolute atomic E-state index is 0.186. The zero-order chi connectivity index (χ0) is 26.2. The molecule has 6 rings (SSSR count). The molecule has 2 unspecified atom stereocenters. The summed E-state index contributed by atoms with van der Waals surface area (Å²) in [6.07, 6.45) is 3.77. The topological polar surface area (TPSA) is 85.3 Å². The van der Waals surface area contributed by atoms with Crippen LogP contribution in [-0.2, 0) is 19.2 Å². The van der Waals surface area contributed by atoms with Crippen LogP contribution in [0.5, 0.6) is 5.75 Å². The summed E-state index contributed by atoms with van der Waals surface area (Å²) in [5.41, 5.74) is -2.31. The molecule has 8 heteroatoms. The van der Waals surface area contributed by atoms with Crippen LogP contribution in [0.25, 0.3) is 0 Å². The Labute approximate surface area is 224 Å². The largest absolute Gasteiger partial charge is 0.496 e. The maximum atomic E-state index is 13.8. The van der Waals surface area contributed by atoms with Crippen LogP contribution in [0.1, 0.15) is 44.7 Å². The SMILES string of the molecule is COc1ccc(Br)cc1C1CC2(ON1c1ccccc1)C(=O)O[C@@H]1[C@H]2CC[C@H](C)[C@]2(O)C=CC(=O)[C@@]12C. The first-order chi connectivity index (χ1) is 17.7. The summed E-state index contributed by atoms with van der Waals surface area (Å²) >= 11 is 3.58. The van der Waals surface area contributed by atoms with Gasteiger partial charge in [-0.3, -0.25) is 9.63 Å². The second kappa shape index (κ2) is 8.41. The highest BCUT2D eigenvalue weighted by atomic mass is 79.9. The fourth-order valence-corrected chi connectivity index (χ4v) is 7.41. The molecule has 7 atom stereocenters. The van der Waals surface area contributed by atoms with Gasteiger partial charge in [0.25, 0.3) is 0 Å². The van der Waals surface area contributed by atoms with Gasteiger partial charge in [-0.05, 0) is 68.2 Å². The van der Waals surface area contributed by atoms with Gasteiger partial charge < -0.3 is 14.6 Å². The van der Waals surface area contributed by atoms with E-state index < -0.39 is 34.6 Å². The Kier molecular flexibility index (Phi) is 5.60. The molecule has 194 valence electrons. The van der Waals surface area contributed by atoms with E-state index >= 15 is 0 Å². The molecule has 3 fully saturated rings. The standard InChI is InChI=1S/C29H30BrNO6/c1-17-9-11-21-25(27(2)24(32)13-14-29(17,27)34)36-26(33)28(21)16-22(20-15-18(30)10-12-23(20)35-3)31(37-28)19-7-5-4-6-8-19/h4-8,10,12-15,17,21-22,25,34H,9,11,16H2,1-3H3/t17-,21+,22?,25+,27-,28?,29+/m0/s1. The van der Waals surface area contributed by atoms with Gasteiger partial charge in [0.05, 0.1) is 24.3 Å². The molecule has 2 aromatic rings. The summed E-state index contributed by atoms with van der Waals surface area (Å²) in [6.45, 7) is 3.69. The van der Waals surface area contributed by atoms with Crippen molar-refractivity contribution in [2.75, 3.05) is 12.2 Å². The van der Waals surface area contributed by atoms with E-state index in [1.165, 1.54) is 6.08 Å². The Bertz CT molecular complexity index is 1300. The smallest absolute Gasteiger partial charge is 0.342 e. The quantitative estimate of drug-likeness (QED) is 0.526. The van der Waals surface area contributed by atoms with Crippen molar-refractivity contribution in [3.05, 3.63) is 70.7 Å². The lowest BCUT2D eigenvalue weighted by molar-refractivity contribution is -0.169. The number of nitrogens with zero attached hydrogens (tertiary/aromatic N) is 1. The number of allylic oxidation sites excluding steroid dienone is 1. The summed E-state index contributed by atoms with van der Waals surface area (Å²) in [5.74, 6) is -0.623. The van der Waals surface area contributed by atoms with Crippen LogP contribution in [0.3, 0.4) is 0 Å². The van der Waals surface area contributed by atoms with E-state index in [9.17, 15) is 14.7 Å². The zero-order valence-corrected chi connectivity index (χ0v) is 22.6. The number of esters is 1. The molecule has 1 spiro atoms. The van der Waals surface area contributed by atoms with Gasteiger partial charge in [-0.1, -0.05) is 41.1 Å². The number of rotatable bonds is 3. The van der Waals surface area contributed by atoms with Crippen LogP contribution in [0.2, 0.25) is 0 Å². The average molecular weight is 568 g/mol. The Morgan fingerprint density at radius 2 is 1.89 bits per heavy atom. The van der Waals surface area contributed by atoms with Crippen LogP contribution < -0.4 is 9.80 Å². The summed E-state index contributed by atoms with van der Waals surface area (Å²) in [7, 11) is 1.62. The average Bonchev–Trinajstić information content (AvgIpc) is 3.49. The maximum absolute atomic E-state index is 13.8. The predicted octanol–water partition coefficient (Wildman–Crippen LogP) is 4.93. The number of hydrogen-bond acceptors (Lipinski definition) is 7. The molecule has 0 aromatic heterocycles. The van der Waals surface area contributed by atoms with Crippen molar-refractivity contribution in [1.29, 1.82) is 0 Å². The maximum Gasteiger partial charge on any atom is 0.342 e. The molecule has 37 heavy (non-hydrogen) atoms.